The molecule has 5 rings (SSSR count). The van der Waals surface area contributed by atoms with Crippen LogP contribution in [-0.4, -0.2) is 16.3 Å². The van der Waals surface area contributed by atoms with Crippen molar-refractivity contribution < 1.29 is 10.2 Å². The van der Waals surface area contributed by atoms with Gasteiger partial charge in [0.05, 0.1) is 6.10 Å². The molecular formula is C21H26O2. The van der Waals surface area contributed by atoms with Crippen LogP contribution in [0.1, 0.15) is 63.0 Å². The fourth-order valence-corrected chi connectivity index (χ4v) is 6.53. The molecule has 2 bridgehead atoms. The van der Waals surface area contributed by atoms with E-state index in [0.29, 0.717) is 11.7 Å². The van der Waals surface area contributed by atoms with Crippen molar-refractivity contribution in [3.05, 3.63) is 40.5 Å². The number of fused-ring (bicyclic) bond motifs is 2. The highest BCUT2D eigenvalue weighted by Gasteiger charge is 2.56. The fourth-order valence-electron chi connectivity index (χ4n) is 6.53. The molecule has 4 aliphatic carbocycles. The Morgan fingerprint density at radius 2 is 2.00 bits per heavy atom. The van der Waals surface area contributed by atoms with Gasteiger partial charge in [-0.25, -0.2) is 0 Å². The van der Waals surface area contributed by atoms with Gasteiger partial charge in [0.25, 0.3) is 0 Å². The lowest BCUT2D eigenvalue weighted by Crippen LogP contribution is -2.48. The molecule has 1 aromatic carbocycles. The van der Waals surface area contributed by atoms with Crippen LogP contribution in [0.15, 0.2) is 29.3 Å². The normalized spacial score (nSPS) is 41.3. The van der Waals surface area contributed by atoms with Crippen molar-refractivity contribution in [3.8, 4) is 5.75 Å². The molecule has 0 aliphatic heterocycles. The Bertz CT molecular complexity index is 719. The van der Waals surface area contributed by atoms with Crippen LogP contribution in [0.25, 0.3) is 0 Å². The van der Waals surface area contributed by atoms with Crippen molar-refractivity contribution in [2.75, 3.05) is 0 Å². The second kappa shape index (κ2) is 4.42. The Morgan fingerprint density at radius 1 is 1.13 bits per heavy atom. The van der Waals surface area contributed by atoms with E-state index in [2.05, 4.69) is 13.0 Å². The van der Waals surface area contributed by atoms with E-state index in [4.69, 9.17) is 0 Å². The molecule has 0 unspecified atom stereocenters. The molecule has 23 heavy (non-hydrogen) atoms. The van der Waals surface area contributed by atoms with Gasteiger partial charge in [-0.15, -0.1) is 0 Å². The van der Waals surface area contributed by atoms with Gasteiger partial charge in [0.2, 0.25) is 0 Å². The molecule has 2 nitrogen and oxygen atoms in total. The van der Waals surface area contributed by atoms with Crippen molar-refractivity contribution in [2.24, 2.45) is 11.3 Å². The molecule has 0 radical (unpaired) electrons. The third-order valence-electron chi connectivity index (χ3n) is 7.64. The first-order valence-electron chi connectivity index (χ1n) is 9.29. The summed E-state index contributed by atoms with van der Waals surface area (Å²) in [5, 5.41) is 20.5. The zero-order valence-corrected chi connectivity index (χ0v) is 13.9. The number of aliphatic hydroxyl groups excluding tert-OH is 1. The minimum atomic E-state index is -0.149. The molecule has 0 amide bonds. The molecule has 2 fully saturated rings. The predicted molar refractivity (Wildman–Crippen MR) is 90.4 cm³/mol. The van der Waals surface area contributed by atoms with Crippen molar-refractivity contribution in [1.29, 1.82) is 0 Å². The van der Waals surface area contributed by atoms with Crippen LogP contribution in [0.5, 0.6) is 5.75 Å². The van der Waals surface area contributed by atoms with Crippen molar-refractivity contribution in [3.63, 3.8) is 0 Å². The van der Waals surface area contributed by atoms with E-state index >= 15 is 0 Å². The Kier molecular flexibility index (Phi) is 2.71. The SMILES string of the molecule is C[C@]12CC[C@]34CCC[C@H](Cc5cc(O)ccc53)C4=C1CC[C@@H]2O. The zero-order valence-electron chi connectivity index (χ0n) is 13.9. The monoisotopic (exact) mass is 310 g/mol. The maximum absolute atomic E-state index is 10.6. The highest BCUT2D eigenvalue weighted by atomic mass is 16.3. The number of hydrogen-bond donors (Lipinski definition) is 2. The van der Waals surface area contributed by atoms with Gasteiger partial charge >= 0.3 is 0 Å². The first-order valence-corrected chi connectivity index (χ1v) is 9.29. The lowest BCUT2D eigenvalue weighted by Gasteiger charge is -2.55. The standard InChI is InChI=1S/C21H26O2/c1-20-9-10-21-8-2-3-13(19(21)17(20)6-7-18(20)23)11-14-12-15(22)4-5-16(14)21/h4-5,12-13,18,22-23H,2-3,6-11H2,1H3/t13-,18+,20+,21-/m1/s1. The maximum atomic E-state index is 10.6. The number of phenols is 1. The molecule has 0 spiro atoms. The highest BCUT2D eigenvalue weighted by molar-refractivity contribution is 5.54. The van der Waals surface area contributed by atoms with Gasteiger partial charge in [-0.2, -0.15) is 0 Å². The molecule has 4 atom stereocenters. The lowest BCUT2D eigenvalue weighted by molar-refractivity contribution is 0.0594. The van der Waals surface area contributed by atoms with E-state index in [1.807, 2.05) is 12.1 Å². The van der Waals surface area contributed by atoms with E-state index in [1.54, 1.807) is 11.1 Å². The second-order valence-corrected chi connectivity index (χ2v) is 8.58. The number of allylic oxidation sites excluding steroid dienone is 1. The molecule has 2 saturated carbocycles. The van der Waals surface area contributed by atoms with Crippen molar-refractivity contribution in [2.45, 2.75) is 69.8 Å². The average Bonchev–Trinajstić information content (AvgIpc) is 2.82. The minimum Gasteiger partial charge on any atom is -0.508 e. The van der Waals surface area contributed by atoms with Crippen LogP contribution in [-0.2, 0) is 11.8 Å². The Hall–Kier alpha value is -1.28. The molecule has 2 N–H and O–H groups in total. The predicted octanol–water partition coefficient (Wildman–Crippen LogP) is 4.24. The molecular weight excluding hydrogens is 284 g/mol. The van der Waals surface area contributed by atoms with E-state index < -0.39 is 0 Å². The molecule has 0 aromatic heterocycles. The molecule has 4 aliphatic rings. The van der Waals surface area contributed by atoms with Crippen LogP contribution in [0.4, 0.5) is 0 Å². The van der Waals surface area contributed by atoms with Crippen LogP contribution in [0.3, 0.4) is 0 Å². The van der Waals surface area contributed by atoms with Gasteiger partial charge in [0.15, 0.2) is 0 Å². The third-order valence-corrected chi connectivity index (χ3v) is 7.64. The van der Waals surface area contributed by atoms with Gasteiger partial charge < -0.3 is 10.2 Å². The Labute approximate surface area is 138 Å². The van der Waals surface area contributed by atoms with Crippen LogP contribution in [0, 0.1) is 11.3 Å². The number of rotatable bonds is 0. The topological polar surface area (TPSA) is 40.5 Å². The minimum absolute atomic E-state index is 0.0306. The summed E-state index contributed by atoms with van der Waals surface area (Å²) in [5.74, 6) is 1.05. The number of aliphatic hydroxyl groups is 1. The Balaban J connectivity index is 1.78. The average molecular weight is 310 g/mol. The fraction of sp³-hybridized carbons (Fsp3) is 0.619. The van der Waals surface area contributed by atoms with Gasteiger partial charge in [-0.05, 0) is 74.1 Å². The van der Waals surface area contributed by atoms with E-state index in [1.165, 1.54) is 36.8 Å². The first-order chi connectivity index (χ1) is 11.0. The van der Waals surface area contributed by atoms with Gasteiger partial charge in [0, 0.05) is 10.8 Å². The van der Waals surface area contributed by atoms with Crippen molar-refractivity contribution in [1.82, 2.24) is 0 Å². The summed E-state index contributed by atoms with van der Waals surface area (Å²) in [6, 6.07) is 6.08. The molecule has 2 heteroatoms. The summed E-state index contributed by atoms with van der Waals surface area (Å²) < 4.78 is 0. The zero-order chi connectivity index (χ0) is 15.8. The summed E-state index contributed by atoms with van der Waals surface area (Å²) in [4.78, 5) is 0. The largest absolute Gasteiger partial charge is 0.508 e. The third kappa shape index (κ3) is 1.63. The number of hydrogen-bond acceptors (Lipinski definition) is 2. The van der Waals surface area contributed by atoms with Crippen molar-refractivity contribution >= 4 is 0 Å². The van der Waals surface area contributed by atoms with E-state index in [0.717, 1.165) is 25.7 Å². The molecule has 0 heterocycles. The summed E-state index contributed by atoms with van der Waals surface area (Å²) in [6.45, 7) is 2.31. The lowest BCUT2D eigenvalue weighted by atomic mass is 9.49. The highest BCUT2D eigenvalue weighted by Crippen LogP contribution is 2.64. The van der Waals surface area contributed by atoms with Crippen LogP contribution >= 0.6 is 0 Å². The second-order valence-electron chi connectivity index (χ2n) is 8.58. The summed E-state index contributed by atoms with van der Waals surface area (Å²) in [6.07, 6.45) is 9.11. The molecule has 0 saturated heterocycles. The van der Waals surface area contributed by atoms with Crippen LogP contribution < -0.4 is 0 Å². The number of benzene rings is 1. The number of aromatic hydroxyl groups is 1. The smallest absolute Gasteiger partial charge is 0.115 e. The maximum Gasteiger partial charge on any atom is 0.115 e. The quantitative estimate of drug-likeness (QED) is 0.704. The number of phenolic OH excluding ortho intramolecular Hbond substituents is 1. The van der Waals surface area contributed by atoms with E-state index in [9.17, 15) is 10.2 Å². The van der Waals surface area contributed by atoms with Gasteiger partial charge in [-0.3, -0.25) is 0 Å². The molecule has 122 valence electrons. The van der Waals surface area contributed by atoms with E-state index in [-0.39, 0.29) is 16.9 Å². The summed E-state index contributed by atoms with van der Waals surface area (Å²) >= 11 is 0. The first kappa shape index (κ1) is 14.1. The molecule has 1 aromatic rings. The van der Waals surface area contributed by atoms with Gasteiger partial charge in [0.1, 0.15) is 5.75 Å². The summed E-state index contributed by atoms with van der Waals surface area (Å²) in [7, 11) is 0. The summed E-state index contributed by atoms with van der Waals surface area (Å²) in [5.41, 5.74) is 6.43. The Morgan fingerprint density at radius 3 is 2.87 bits per heavy atom. The van der Waals surface area contributed by atoms with Gasteiger partial charge in [-0.1, -0.05) is 30.6 Å². The van der Waals surface area contributed by atoms with Crippen LogP contribution in [0.2, 0.25) is 0 Å².